The zero-order valence-electron chi connectivity index (χ0n) is 11.5. The number of hydrogen-bond acceptors (Lipinski definition) is 5. The van der Waals surface area contributed by atoms with Crippen molar-refractivity contribution in [3.63, 3.8) is 0 Å². The van der Waals surface area contributed by atoms with Crippen molar-refractivity contribution in [3.05, 3.63) is 41.3 Å². The van der Waals surface area contributed by atoms with Gasteiger partial charge in [-0.1, -0.05) is 0 Å². The highest BCUT2D eigenvalue weighted by Gasteiger charge is 2.09. The van der Waals surface area contributed by atoms with Crippen LogP contribution in [0.1, 0.15) is 18.3 Å². The summed E-state index contributed by atoms with van der Waals surface area (Å²) in [6.45, 7) is 5.33. The van der Waals surface area contributed by atoms with Crippen molar-refractivity contribution in [1.82, 2.24) is 14.4 Å². The van der Waals surface area contributed by atoms with Crippen LogP contribution in [0.2, 0.25) is 0 Å². The summed E-state index contributed by atoms with van der Waals surface area (Å²) in [4.78, 5) is 9.80. The molecule has 0 aliphatic rings. The third-order valence-corrected chi connectivity index (χ3v) is 3.81. The van der Waals surface area contributed by atoms with Crippen LogP contribution in [0.5, 0.6) is 5.88 Å². The molecule has 6 heteroatoms. The van der Waals surface area contributed by atoms with Crippen molar-refractivity contribution in [2.75, 3.05) is 11.9 Å². The van der Waals surface area contributed by atoms with Gasteiger partial charge in [0.15, 0.2) is 4.96 Å². The summed E-state index contributed by atoms with van der Waals surface area (Å²) in [6, 6.07) is 3.84. The lowest BCUT2D eigenvalue weighted by molar-refractivity contribution is 0.327. The van der Waals surface area contributed by atoms with Gasteiger partial charge in [-0.3, -0.25) is 4.40 Å². The third kappa shape index (κ3) is 2.46. The lowest BCUT2D eigenvalue weighted by Crippen LogP contribution is -2.04. The molecular weight excluding hydrogens is 272 g/mol. The average Bonchev–Trinajstić information content (AvgIpc) is 2.99. The van der Waals surface area contributed by atoms with Gasteiger partial charge in [-0.05, 0) is 19.9 Å². The van der Waals surface area contributed by atoms with Crippen LogP contribution < -0.4 is 10.1 Å². The molecule has 0 unspecified atom stereocenters. The number of imidazole rings is 1. The minimum absolute atomic E-state index is 0.630. The predicted molar refractivity (Wildman–Crippen MR) is 80.5 cm³/mol. The van der Waals surface area contributed by atoms with Crippen molar-refractivity contribution in [3.8, 4) is 5.88 Å². The number of nitrogens with zero attached hydrogens (tertiary/aromatic N) is 3. The highest BCUT2D eigenvalue weighted by atomic mass is 32.1. The number of ether oxygens (including phenoxy) is 1. The third-order valence-electron chi connectivity index (χ3n) is 3.05. The smallest absolute Gasteiger partial charge is 0.213 e. The molecular formula is C14H16N4OS. The fourth-order valence-electron chi connectivity index (χ4n) is 2.06. The van der Waals surface area contributed by atoms with E-state index < -0.39 is 0 Å². The molecule has 0 radical (unpaired) electrons. The van der Waals surface area contributed by atoms with E-state index in [1.807, 2.05) is 37.6 Å². The summed E-state index contributed by atoms with van der Waals surface area (Å²) in [6.07, 6.45) is 3.83. The van der Waals surface area contributed by atoms with Gasteiger partial charge in [0, 0.05) is 17.6 Å². The van der Waals surface area contributed by atoms with Crippen molar-refractivity contribution in [1.29, 1.82) is 0 Å². The Morgan fingerprint density at radius 1 is 1.40 bits per heavy atom. The number of fused-ring (bicyclic) bond motifs is 1. The molecule has 104 valence electrons. The molecule has 3 rings (SSSR count). The van der Waals surface area contributed by atoms with Crippen LogP contribution in [0.25, 0.3) is 4.96 Å². The predicted octanol–water partition coefficient (Wildman–Crippen LogP) is 3.11. The Hall–Kier alpha value is -2.08. The standard InChI is InChI=1S/C14H16N4OS/c1-3-19-13-5-4-11(8-16-13)15-9-12-10(2)17-14-18(12)6-7-20-14/h4-8,15H,3,9H2,1-2H3. The van der Waals surface area contributed by atoms with Crippen LogP contribution in [0.15, 0.2) is 29.9 Å². The Bertz CT molecular complexity index is 702. The average molecular weight is 288 g/mol. The maximum absolute atomic E-state index is 5.33. The fraction of sp³-hybridized carbons (Fsp3) is 0.286. The van der Waals surface area contributed by atoms with Gasteiger partial charge in [0.05, 0.1) is 36.4 Å². The SMILES string of the molecule is CCOc1ccc(NCc2c(C)nc3sccn23)cn1. The van der Waals surface area contributed by atoms with E-state index in [4.69, 9.17) is 4.74 Å². The van der Waals surface area contributed by atoms with E-state index in [0.717, 1.165) is 22.9 Å². The molecule has 1 N–H and O–H groups in total. The van der Waals surface area contributed by atoms with E-state index in [0.29, 0.717) is 12.5 Å². The van der Waals surface area contributed by atoms with Crippen molar-refractivity contribution < 1.29 is 4.74 Å². The zero-order chi connectivity index (χ0) is 13.9. The Balaban J connectivity index is 1.72. The normalized spacial score (nSPS) is 10.9. The first kappa shape index (κ1) is 12.9. The Morgan fingerprint density at radius 2 is 2.30 bits per heavy atom. The van der Waals surface area contributed by atoms with Crippen LogP contribution in [0.4, 0.5) is 5.69 Å². The monoisotopic (exact) mass is 288 g/mol. The summed E-state index contributed by atoms with van der Waals surface area (Å²) in [7, 11) is 0. The number of rotatable bonds is 5. The number of hydrogen-bond donors (Lipinski definition) is 1. The molecule has 0 spiro atoms. The first-order valence-corrected chi connectivity index (χ1v) is 7.39. The molecule has 5 nitrogen and oxygen atoms in total. The molecule has 0 fully saturated rings. The number of pyridine rings is 1. The van der Waals surface area contributed by atoms with Crippen molar-refractivity contribution in [2.45, 2.75) is 20.4 Å². The van der Waals surface area contributed by atoms with Crippen molar-refractivity contribution >= 4 is 22.0 Å². The molecule has 0 amide bonds. The quantitative estimate of drug-likeness (QED) is 0.783. The molecule has 0 saturated heterocycles. The van der Waals surface area contributed by atoms with E-state index in [1.54, 1.807) is 17.5 Å². The Kier molecular flexibility index (Phi) is 3.56. The summed E-state index contributed by atoms with van der Waals surface area (Å²) in [5.74, 6) is 0.652. The van der Waals surface area contributed by atoms with Crippen molar-refractivity contribution in [2.24, 2.45) is 0 Å². The maximum atomic E-state index is 5.33. The minimum Gasteiger partial charge on any atom is -0.478 e. The number of thiazole rings is 1. The van der Waals surface area contributed by atoms with Crippen LogP contribution >= 0.6 is 11.3 Å². The summed E-state index contributed by atoms with van der Waals surface area (Å²) >= 11 is 1.65. The van der Waals surface area contributed by atoms with Gasteiger partial charge in [-0.15, -0.1) is 11.3 Å². The molecule has 20 heavy (non-hydrogen) atoms. The van der Waals surface area contributed by atoms with Crippen LogP contribution in [-0.4, -0.2) is 21.0 Å². The lowest BCUT2D eigenvalue weighted by atomic mass is 10.3. The summed E-state index contributed by atoms with van der Waals surface area (Å²) < 4.78 is 7.45. The van der Waals surface area contributed by atoms with Gasteiger partial charge in [-0.25, -0.2) is 9.97 Å². The number of anilines is 1. The Labute approximate surface area is 121 Å². The fourth-order valence-corrected chi connectivity index (χ4v) is 2.84. The second kappa shape index (κ2) is 5.50. The number of aryl methyl sites for hydroxylation is 1. The minimum atomic E-state index is 0.630. The van der Waals surface area contributed by atoms with Crippen LogP contribution in [-0.2, 0) is 6.54 Å². The summed E-state index contributed by atoms with van der Waals surface area (Å²) in [5.41, 5.74) is 3.21. The second-order valence-electron chi connectivity index (χ2n) is 4.37. The van der Waals surface area contributed by atoms with E-state index in [-0.39, 0.29) is 0 Å². The molecule has 3 aromatic rings. The highest BCUT2D eigenvalue weighted by molar-refractivity contribution is 7.15. The van der Waals surface area contributed by atoms with Gasteiger partial charge in [-0.2, -0.15) is 0 Å². The molecule has 0 atom stereocenters. The molecule has 3 aromatic heterocycles. The number of aromatic nitrogens is 3. The van der Waals surface area contributed by atoms with E-state index in [9.17, 15) is 0 Å². The molecule has 0 aliphatic heterocycles. The molecule has 0 bridgehead atoms. The summed E-state index contributed by atoms with van der Waals surface area (Å²) in [5, 5.41) is 5.41. The van der Waals surface area contributed by atoms with Gasteiger partial charge in [0.25, 0.3) is 0 Å². The molecule has 3 heterocycles. The maximum Gasteiger partial charge on any atom is 0.213 e. The van der Waals surface area contributed by atoms with E-state index in [2.05, 4.69) is 19.7 Å². The van der Waals surface area contributed by atoms with Gasteiger partial charge in [0.1, 0.15) is 0 Å². The first-order chi connectivity index (χ1) is 9.78. The molecule has 0 aromatic carbocycles. The van der Waals surface area contributed by atoms with Crippen LogP contribution in [0.3, 0.4) is 0 Å². The zero-order valence-corrected chi connectivity index (χ0v) is 12.3. The van der Waals surface area contributed by atoms with Gasteiger partial charge >= 0.3 is 0 Å². The molecule has 0 saturated carbocycles. The molecule has 0 aliphatic carbocycles. The van der Waals surface area contributed by atoms with Gasteiger partial charge < -0.3 is 10.1 Å². The van der Waals surface area contributed by atoms with Gasteiger partial charge in [0.2, 0.25) is 5.88 Å². The van der Waals surface area contributed by atoms with E-state index >= 15 is 0 Å². The first-order valence-electron chi connectivity index (χ1n) is 6.51. The van der Waals surface area contributed by atoms with E-state index in [1.165, 1.54) is 5.69 Å². The highest BCUT2D eigenvalue weighted by Crippen LogP contribution is 2.18. The second-order valence-corrected chi connectivity index (χ2v) is 5.24. The number of nitrogens with one attached hydrogen (secondary N) is 1. The largest absolute Gasteiger partial charge is 0.478 e. The van der Waals surface area contributed by atoms with Crippen LogP contribution in [0, 0.1) is 6.92 Å². The Morgan fingerprint density at radius 3 is 3.05 bits per heavy atom. The lowest BCUT2D eigenvalue weighted by Gasteiger charge is -2.07. The topological polar surface area (TPSA) is 51.5 Å².